The zero-order chi connectivity index (χ0) is 23.8. The van der Waals surface area contributed by atoms with Crippen LogP contribution in [0.1, 0.15) is 51.0 Å². The molecule has 11 heteroatoms. The zero-order valence-electron chi connectivity index (χ0n) is 18.5. The van der Waals surface area contributed by atoms with Gasteiger partial charge in [-0.2, -0.15) is 4.98 Å². The Morgan fingerprint density at radius 2 is 1.82 bits per heavy atom. The van der Waals surface area contributed by atoms with Crippen LogP contribution in [0.2, 0.25) is 0 Å². The Morgan fingerprint density at radius 1 is 1.09 bits per heavy atom. The van der Waals surface area contributed by atoms with E-state index in [2.05, 4.69) is 25.6 Å². The Labute approximate surface area is 194 Å². The first-order valence-electron chi connectivity index (χ1n) is 11.6. The third-order valence-electron chi connectivity index (χ3n) is 6.83. The number of primary amides is 1. The first-order chi connectivity index (χ1) is 16.4. The summed E-state index contributed by atoms with van der Waals surface area (Å²) >= 11 is 0. The maximum Gasteiger partial charge on any atom is 0.224 e. The van der Waals surface area contributed by atoms with Gasteiger partial charge >= 0.3 is 0 Å². The van der Waals surface area contributed by atoms with Crippen molar-refractivity contribution in [2.24, 2.45) is 11.7 Å². The second kappa shape index (κ2) is 9.13. The number of halogens is 2. The highest BCUT2D eigenvalue weighted by Gasteiger charge is 2.30. The number of aliphatic hydroxyl groups excluding tert-OH is 1. The normalized spacial score (nSPS) is 24.9. The van der Waals surface area contributed by atoms with Gasteiger partial charge in [0.05, 0.1) is 12.3 Å². The van der Waals surface area contributed by atoms with Crippen molar-refractivity contribution in [3.8, 4) is 0 Å². The van der Waals surface area contributed by atoms with Crippen molar-refractivity contribution in [3.05, 3.63) is 36.0 Å². The molecule has 180 valence electrons. The maximum atomic E-state index is 14.4. The van der Waals surface area contributed by atoms with Gasteiger partial charge in [-0.05, 0) is 57.1 Å². The average molecular weight is 472 g/mol. The average Bonchev–Trinajstić information content (AvgIpc) is 3.38. The number of nitrogens with two attached hydrogens (primary N) is 1. The van der Waals surface area contributed by atoms with E-state index in [0.717, 1.165) is 12.8 Å². The summed E-state index contributed by atoms with van der Waals surface area (Å²) < 4.78 is 30.6. The quantitative estimate of drug-likeness (QED) is 0.433. The molecular weight excluding hydrogens is 444 g/mol. The van der Waals surface area contributed by atoms with Gasteiger partial charge in [0.1, 0.15) is 22.8 Å². The SMILES string of the molecule is NC(=O)C1CCC(n2c(Nc3c(F)cccc3F)nc3cnc(NC4CC[C@H](O)C4)nc32)CC1. The van der Waals surface area contributed by atoms with Crippen LogP contribution >= 0.6 is 0 Å². The van der Waals surface area contributed by atoms with Gasteiger partial charge in [0, 0.05) is 18.0 Å². The highest BCUT2D eigenvalue weighted by atomic mass is 19.1. The van der Waals surface area contributed by atoms with E-state index in [0.29, 0.717) is 49.2 Å². The predicted molar refractivity (Wildman–Crippen MR) is 122 cm³/mol. The molecule has 2 aliphatic rings. The highest BCUT2D eigenvalue weighted by molar-refractivity contribution is 5.78. The zero-order valence-corrected chi connectivity index (χ0v) is 18.5. The number of hydrogen-bond donors (Lipinski definition) is 4. The van der Waals surface area contributed by atoms with Gasteiger partial charge in [0.15, 0.2) is 5.65 Å². The highest BCUT2D eigenvalue weighted by Crippen LogP contribution is 2.37. The molecule has 9 nitrogen and oxygen atoms in total. The van der Waals surface area contributed by atoms with Crippen molar-refractivity contribution in [3.63, 3.8) is 0 Å². The van der Waals surface area contributed by atoms with Crippen LogP contribution in [0.25, 0.3) is 11.2 Å². The van der Waals surface area contributed by atoms with E-state index in [9.17, 15) is 18.7 Å². The number of fused-ring (bicyclic) bond motifs is 1. The summed E-state index contributed by atoms with van der Waals surface area (Å²) in [7, 11) is 0. The minimum Gasteiger partial charge on any atom is -0.393 e. The molecule has 0 bridgehead atoms. The van der Waals surface area contributed by atoms with Crippen LogP contribution in [-0.2, 0) is 4.79 Å². The number of anilines is 3. The van der Waals surface area contributed by atoms with Crippen molar-refractivity contribution in [2.75, 3.05) is 10.6 Å². The Balaban J connectivity index is 1.52. The lowest BCUT2D eigenvalue weighted by Crippen LogP contribution is -2.29. The van der Waals surface area contributed by atoms with E-state index in [1.165, 1.54) is 18.2 Å². The van der Waals surface area contributed by atoms with Gasteiger partial charge in [-0.15, -0.1) is 0 Å². The van der Waals surface area contributed by atoms with Crippen LogP contribution in [0, 0.1) is 17.6 Å². The number of nitrogens with one attached hydrogen (secondary N) is 2. The van der Waals surface area contributed by atoms with E-state index in [1.807, 2.05) is 4.57 Å². The van der Waals surface area contributed by atoms with Crippen molar-refractivity contribution in [1.29, 1.82) is 0 Å². The number of aromatic nitrogens is 4. The number of carbonyl (C=O) groups is 1. The number of para-hydroxylation sites is 1. The van der Waals surface area contributed by atoms with Crippen LogP contribution in [-0.4, -0.2) is 42.7 Å². The summed E-state index contributed by atoms with van der Waals surface area (Å²) in [6.07, 6.45) is 5.93. The fourth-order valence-corrected chi connectivity index (χ4v) is 5.01. The molecule has 3 aromatic rings. The summed E-state index contributed by atoms with van der Waals surface area (Å²) in [5, 5.41) is 15.9. The lowest BCUT2D eigenvalue weighted by atomic mass is 9.85. The molecule has 5 N–H and O–H groups in total. The first-order valence-corrected chi connectivity index (χ1v) is 11.6. The monoisotopic (exact) mass is 471 g/mol. The topological polar surface area (TPSA) is 131 Å². The number of amides is 1. The molecule has 2 heterocycles. The summed E-state index contributed by atoms with van der Waals surface area (Å²) in [6.45, 7) is 0. The van der Waals surface area contributed by atoms with E-state index in [-0.39, 0.29) is 41.6 Å². The van der Waals surface area contributed by atoms with Crippen LogP contribution in [0.4, 0.5) is 26.4 Å². The number of nitrogens with zero attached hydrogens (tertiary/aromatic N) is 4. The Kier molecular flexibility index (Phi) is 6.03. The number of rotatable bonds is 6. The van der Waals surface area contributed by atoms with Gasteiger partial charge in [-0.3, -0.25) is 9.36 Å². The molecule has 2 fully saturated rings. The molecule has 1 unspecified atom stereocenters. The Morgan fingerprint density at radius 3 is 2.47 bits per heavy atom. The van der Waals surface area contributed by atoms with Crippen molar-refractivity contribution in [2.45, 2.75) is 63.1 Å². The van der Waals surface area contributed by atoms with E-state index >= 15 is 0 Å². The summed E-state index contributed by atoms with van der Waals surface area (Å²) in [6, 6.07) is 3.63. The number of hydrogen-bond acceptors (Lipinski definition) is 7. The molecule has 2 aromatic heterocycles. The number of aliphatic hydroxyl groups is 1. The van der Waals surface area contributed by atoms with Gasteiger partial charge in [-0.25, -0.2) is 18.7 Å². The molecule has 2 aliphatic carbocycles. The third kappa shape index (κ3) is 4.39. The summed E-state index contributed by atoms with van der Waals surface area (Å²) in [4.78, 5) is 25.2. The van der Waals surface area contributed by atoms with Crippen molar-refractivity contribution >= 4 is 34.7 Å². The van der Waals surface area contributed by atoms with Crippen LogP contribution in [0.5, 0.6) is 0 Å². The fourth-order valence-electron chi connectivity index (χ4n) is 5.01. The Bertz CT molecular complexity index is 1190. The Hall–Kier alpha value is -3.34. The second-order valence-corrected chi connectivity index (χ2v) is 9.15. The van der Waals surface area contributed by atoms with Gasteiger partial charge < -0.3 is 21.5 Å². The largest absolute Gasteiger partial charge is 0.393 e. The van der Waals surface area contributed by atoms with E-state index in [1.54, 1.807) is 6.20 Å². The fraction of sp³-hybridized carbons (Fsp3) is 0.478. The molecule has 1 aromatic carbocycles. The molecular formula is C23H27F2N7O2. The number of carbonyl (C=O) groups excluding carboxylic acids is 1. The van der Waals surface area contributed by atoms with Crippen LogP contribution in [0.3, 0.4) is 0 Å². The molecule has 0 radical (unpaired) electrons. The minimum absolute atomic E-state index is 0.0694. The van der Waals surface area contributed by atoms with Gasteiger partial charge in [0.2, 0.25) is 17.8 Å². The smallest absolute Gasteiger partial charge is 0.224 e. The molecule has 1 amide bonds. The van der Waals surface area contributed by atoms with Crippen molar-refractivity contribution < 1.29 is 18.7 Å². The number of benzene rings is 1. The predicted octanol–water partition coefficient (Wildman–Crippen LogP) is 3.39. The molecule has 0 spiro atoms. The molecule has 2 atom stereocenters. The van der Waals surface area contributed by atoms with E-state index in [4.69, 9.17) is 5.73 Å². The maximum absolute atomic E-state index is 14.4. The molecule has 2 saturated carbocycles. The summed E-state index contributed by atoms with van der Waals surface area (Å²) in [5.41, 5.74) is 6.20. The third-order valence-corrected chi connectivity index (χ3v) is 6.83. The molecule has 0 aliphatic heterocycles. The second-order valence-electron chi connectivity index (χ2n) is 9.15. The standard InChI is InChI=1S/C23H27F2N7O2/c24-16-2-1-3-17(25)19(16)30-23-29-18-11-27-22(28-13-6-9-15(33)10-13)31-21(18)32(23)14-7-4-12(5-8-14)20(26)34/h1-3,11-15,33H,4-10H2,(H2,26,34)(H,29,30)(H,27,28,31)/t12?,13?,14?,15-/m0/s1. The van der Waals surface area contributed by atoms with Crippen LogP contribution < -0.4 is 16.4 Å². The molecule has 34 heavy (non-hydrogen) atoms. The van der Waals surface area contributed by atoms with Gasteiger partial charge in [-0.1, -0.05) is 6.07 Å². The van der Waals surface area contributed by atoms with E-state index < -0.39 is 11.6 Å². The van der Waals surface area contributed by atoms with Crippen molar-refractivity contribution in [1.82, 2.24) is 19.5 Å². The number of imidazole rings is 1. The lowest BCUT2D eigenvalue weighted by molar-refractivity contribution is -0.122. The van der Waals surface area contributed by atoms with Gasteiger partial charge in [0.25, 0.3) is 0 Å². The first kappa shape index (κ1) is 22.5. The molecule has 5 rings (SSSR count). The summed E-state index contributed by atoms with van der Waals surface area (Å²) in [5.74, 6) is -1.31. The minimum atomic E-state index is -0.732. The molecule has 0 saturated heterocycles. The lowest BCUT2D eigenvalue weighted by Gasteiger charge is -2.29. The van der Waals surface area contributed by atoms with Crippen LogP contribution in [0.15, 0.2) is 24.4 Å².